The van der Waals surface area contributed by atoms with Crippen LogP contribution >= 0.6 is 15.6 Å². The number of nitrogens with zero attached hydrogens (tertiary/aromatic N) is 1. The Morgan fingerprint density at radius 1 is 0.465 bits per heavy atom. The van der Waals surface area contributed by atoms with Crippen molar-refractivity contribution in [1.82, 2.24) is 5.32 Å². The average Bonchev–Trinajstić information content (AvgIpc) is 1.50. The summed E-state index contributed by atoms with van der Waals surface area (Å²) in [5.74, 6) is 4.28. The number of hydrogen-bond donors (Lipinski definition) is 6. The lowest BCUT2D eigenvalue weighted by atomic mass is 9.47. The van der Waals surface area contributed by atoms with E-state index < -0.39 is 46.6 Å². The van der Waals surface area contributed by atoms with Gasteiger partial charge in [-0.2, -0.15) is 0 Å². The van der Waals surface area contributed by atoms with Gasteiger partial charge in [-0.1, -0.05) is 472 Å². The Hall–Kier alpha value is -2.66. The molecule has 0 radical (unpaired) electrons. The molecule has 3 saturated carbocycles. The number of phosphoric acid groups is 2. The van der Waals surface area contributed by atoms with Crippen LogP contribution in [-0.4, -0.2) is 160 Å². The number of quaternary nitrogens is 2. The predicted octanol–water partition coefficient (Wildman–Crippen LogP) is 29.9. The van der Waals surface area contributed by atoms with Gasteiger partial charge in [-0.05, 0) is 136 Å². The van der Waals surface area contributed by atoms with Crippen LogP contribution in [0.2, 0.25) is 0 Å². The first-order valence-corrected chi connectivity index (χ1v) is 63.8. The molecule has 144 heavy (non-hydrogen) atoms. The molecule has 1 amide bonds. The molecule has 0 aliphatic heterocycles. The van der Waals surface area contributed by atoms with E-state index in [2.05, 4.69) is 90.9 Å². The summed E-state index contributed by atoms with van der Waals surface area (Å²) < 4.78 is 59.0. The van der Waals surface area contributed by atoms with Crippen LogP contribution in [0.3, 0.4) is 0 Å². The fraction of sp³-hybridized carbons (Fsp3) is 0.933. The van der Waals surface area contributed by atoms with Crippen LogP contribution in [0.15, 0.2) is 23.8 Å². The second kappa shape index (κ2) is 91.7. The number of aliphatic hydroxyl groups is 4. The van der Waals surface area contributed by atoms with E-state index in [0.29, 0.717) is 54.1 Å². The van der Waals surface area contributed by atoms with Gasteiger partial charge < -0.3 is 78.1 Å². The van der Waals surface area contributed by atoms with Crippen molar-refractivity contribution in [3.05, 3.63) is 23.8 Å². The molecule has 0 saturated heterocycles. The lowest BCUT2D eigenvalue weighted by Crippen LogP contribution is -2.52. The fourth-order valence-corrected chi connectivity index (χ4v) is 23.7. The summed E-state index contributed by atoms with van der Waals surface area (Å²) in [6.45, 7) is 23.0. The van der Waals surface area contributed by atoms with Crippen LogP contribution in [-0.2, 0) is 60.6 Å². The molecule has 0 aromatic rings. The Bertz CT molecular complexity index is 3160. The molecule has 3 fully saturated rings. The third-order valence-electron chi connectivity index (χ3n) is 31.4. The highest BCUT2D eigenvalue weighted by molar-refractivity contribution is 7.46. The zero-order chi connectivity index (χ0) is 106. The van der Waals surface area contributed by atoms with Gasteiger partial charge in [-0.15, -0.1) is 0 Å². The highest BCUT2D eigenvalue weighted by atomic mass is 31.2. The number of esters is 3. The van der Waals surface area contributed by atoms with Gasteiger partial charge in [0.2, 0.25) is 5.91 Å². The third kappa shape index (κ3) is 76.0. The van der Waals surface area contributed by atoms with Gasteiger partial charge in [0.05, 0.1) is 65.8 Å². The number of rotatable bonds is 93. The number of carbonyl (C=O) groups excluding carboxylic acids is 4. The Kier molecular flexibility index (Phi) is 88.8. The molecule has 0 aromatic heterocycles. The van der Waals surface area contributed by atoms with E-state index in [1.54, 1.807) is 11.6 Å². The maximum absolute atomic E-state index is 12.7. The molecular weight excluding hydrogens is 1850 g/mol. The molecule has 14 atom stereocenters. The van der Waals surface area contributed by atoms with Gasteiger partial charge in [-0.25, -0.2) is 0 Å². The molecule has 4 rings (SSSR count). The molecule has 0 bridgehead atoms. The molecular formula is C120H233N3O19P2. The van der Waals surface area contributed by atoms with E-state index in [0.717, 1.165) is 145 Å². The number of phosphoric ester groups is 2. The number of allylic oxidation sites excluding steroid dienone is 2. The number of amides is 1. The number of carbonyl (C=O) groups is 4. The van der Waals surface area contributed by atoms with Crippen LogP contribution in [0.4, 0.5) is 0 Å². The van der Waals surface area contributed by atoms with Gasteiger partial charge in [0.25, 0.3) is 15.6 Å². The first-order chi connectivity index (χ1) is 69.3. The minimum atomic E-state index is -4.54. The lowest BCUT2D eigenvalue weighted by Gasteiger charge is -2.58. The Labute approximate surface area is 885 Å². The van der Waals surface area contributed by atoms with Crippen molar-refractivity contribution in [1.29, 1.82) is 0 Å². The molecule has 4 aliphatic carbocycles. The summed E-state index contributed by atoms with van der Waals surface area (Å²) in [4.78, 5) is 72.2. The number of likely N-dealkylation sites (N-methyl/N-ethyl adjacent to an activating group) is 1. The maximum Gasteiger partial charge on any atom is 0.306 e. The van der Waals surface area contributed by atoms with E-state index in [1.165, 1.54) is 360 Å². The number of aliphatic hydroxyl groups excluding tert-OH is 4. The number of ether oxygens (including phenoxy) is 3. The van der Waals surface area contributed by atoms with E-state index in [1.807, 2.05) is 27.2 Å². The Morgan fingerprint density at radius 2 is 0.847 bits per heavy atom. The fourth-order valence-electron chi connectivity index (χ4n) is 22.2. The SMILES string of the molecule is CC(C)CCC[C@@H](C)[C@H]1CC[C@H]2[C@@H]3CC=C4C[C@@H](O)CC[C@]4(C)[C@H]3CC[C@]12C.CCCCCCCCCCCCC/C=C\[C@@H](O)[C@H](COP(=O)([O-])OCC[NH3+])NC(=O)CCCCCCCCCCCCCCCCC.CCCCCCCCCCCCCC(=O)OC[C@H](CO)OC(=O)CCCCCCCCCCCCC.CCCCCCCCCCCCCCCC(=O)OC[C@@H](O)COP(=O)([O-])OCC[N+](C)(C)C. The van der Waals surface area contributed by atoms with Gasteiger partial charge >= 0.3 is 17.9 Å². The largest absolute Gasteiger partial charge is 0.756 e. The van der Waals surface area contributed by atoms with Gasteiger partial charge in [0.1, 0.15) is 39.1 Å². The standard InChI is InChI=1S/C38H77N2O6P.C31H60O5.C27H46O.C24H50NO7P/c1-3-5-7-9-11-13-15-17-18-20-22-24-26-28-30-32-38(42)40-36(35-46-47(43,44)45-34-33-39)37(41)31-29-27-25-23-21-19-16-14-12-10-8-6-4-2;1-3-5-7-9-11-13-15-17-19-21-23-25-30(33)35-28-29(27-32)36-31(34)26-24-22-20-18-16-14-12-10-8-6-4-2;1-18(2)7-6-8-19(3)23-11-12-24-22-10-9-20-17-21(28)13-15-26(20,4)25(22)14-16-27(23,24)5;1-5-6-7-8-9-10-11-12-13-14-15-16-17-18-24(27)30-21-23(26)22-32-33(28,29)31-20-19-25(2,3)4/h29,31,36-37,41H,3-28,30,32-35,39H2,1-2H3,(H,40,42)(H,43,44);29,32H,3-28H2,1-2H3;9,18-19,21-25,28H,6-8,10-17H2,1-5H3;23,26H,5-22H2,1-4H3/b31-29-;;;/t36-,37+;29-;19-,21+,22+,23-,24+,25+,26+,27-;23-/m0011/s1. The lowest BCUT2D eigenvalue weighted by molar-refractivity contribution is -0.870. The highest BCUT2D eigenvalue weighted by Gasteiger charge is 2.59. The van der Waals surface area contributed by atoms with Crippen molar-refractivity contribution in [3.63, 3.8) is 0 Å². The van der Waals surface area contributed by atoms with Crippen LogP contribution < -0.4 is 20.8 Å². The van der Waals surface area contributed by atoms with Crippen LogP contribution in [0, 0.1) is 46.3 Å². The minimum absolute atomic E-state index is 0.00547. The second-order valence-electron chi connectivity index (χ2n) is 46.2. The number of nitrogens with one attached hydrogen (secondary N) is 1. The smallest absolute Gasteiger partial charge is 0.306 e. The summed E-state index contributed by atoms with van der Waals surface area (Å²) in [5.41, 5.74) is 6.17. The zero-order valence-corrected chi connectivity index (χ0v) is 97.6. The average molecular weight is 2080 g/mol. The van der Waals surface area contributed by atoms with E-state index >= 15 is 0 Å². The quantitative estimate of drug-likeness (QED) is 0.00823. The molecule has 8 N–H and O–H groups in total. The predicted molar refractivity (Wildman–Crippen MR) is 594 cm³/mol. The summed E-state index contributed by atoms with van der Waals surface area (Å²) in [5, 5.41) is 43.0. The third-order valence-corrected chi connectivity index (χ3v) is 33.3. The first kappa shape index (κ1) is 139. The van der Waals surface area contributed by atoms with Crippen molar-refractivity contribution in [2.24, 2.45) is 46.3 Å². The number of fused-ring (bicyclic) bond motifs is 5. The highest BCUT2D eigenvalue weighted by Crippen LogP contribution is 2.67. The molecule has 852 valence electrons. The second-order valence-corrected chi connectivity index (χ2v) is 49.0. The molecule has 22 nitrogen and oxygen atoms in total. The monoisotopic (exact) mass is 2080 g/mol. The number of unbranched alkanes of at least 4 members (excludes halogenated alkanes) is 57. The Balaban J connectivity index is 0.000000975. The van der Waals surface area contributed by atoms with Crippen LogP contribution in [0.5, 0.6) is 0 Å². The summed E-state index contributed by atoms with van der Waals surface area (Å²) >= 11 is 0. The normalized spacial score (nSPS) is 20.1. The van der Waals surface area contributed by atoms with E-state index in [4.69, 9.17) is 27.8 Å². The molecule has 24 heteroatoms. The maximum atomic E-state index is 12.7. The minimum Gasteiger partial charge on any atom is -0.756 e. The van der Waals surface area contributed by atoms with Crippen LogP contribution in [0.1, 0.15) is 564 Å². The molecule has 4 aliphatic rings. The van der Waals surface area contributed by atoms with E-state index in [-0.39, 0.29) is 69.6 Å². The van der Waals surface area contributed by atoms with Crippen molar-refractivity contribution in [2.45, 2.75) is 594 Å². The summed E-state index contributed by atoms with van der Waals surface area (Å²) in [7, 11) is -3.28. The van der Waals surface area contributed by atoms with Crippen molar-refractivity contribution in [2.75, 3.05) is 80.5 Å². The molecule has 0 aromatic carbocycles. The van der Waals surface area contributed by atoms with Crippen LogP contribution in [0.25, 0.3) is 0 Å². The van der Waals surface area contributed by atoms with Crippen molar-refractivity contribution < 1.29 is 101 Å². The number of hydrogen-bond acceptors (Lipinski definition) is 19. The zero-order valence-electron chi connectivity index (χ0n) is 95.9. The Morgan fingerprint density at radius 3 is 1.25 bits per heavy atom. The van der Waals surface area contributed by atoms with Gasteiger partial charge in [-0.3, -0.25) is 28.3 Å². The van der Waals surface area contributed by atoms with Crippen molar-refractivity contribution in [3.8, 4) is 0 Å². The molecule has 0 spiro atoms. The first-order valence-electron chi connectivity index (χ1n) is 60.9. The van der Waals surface area contributed by atoms with E-state index in [9.17, 15) is 58.5 Å². The van der Waals surface area contributed by atoms with Gasteiger partial charge in [0, 0.05) is 25.7 Å². The summed E-state index contributed by atoms with van der Waals surface area (Å²) in [6.07, 6.45) is 96.2. The molecule has 0 heterocycles. The van der Waals surface area contributed by atoms with Gasteiger partial charge in [0.15, 0.2) is 6.10 Å². The summed E-state index contributed by atoms with van der Waals surface area (Å²) in [6, 6.07) is -0.877. The molecule has 2 unspecified atom stereocenters. The van der Waals surface area contributed by atoms with Crippen molar-refractivity contribution >= 4 is 39.5 Å². The topological polar surface area (TPSA) is 334 Å².